The fraction of sp³-hybridized carbons (Fsp3) is 0.323. The van der Waals surface area contributed by atoms with Gasteiger partial charge in [0.15, 0.2) is 0 Å². The number of sulfonamides is 1. The number of anilines is 2. The maximum atomic E-state index is 15.3. The summed E-state index contributed by atoms with van der Waals surface area (Å²) < 4.78 is 69.8. The summed E-state index contributed by atoms with van der Waals surface area (Å²) in [6.07, 6.45) is -0.251. The van der Waals surface area contributed by atoms with Gasteiger partial charge in [-0.25, -0.2) is 30.9 Å². The zero-order valence-electron chi connectivity index (χ0n) is 25.0. The van der Waals surface area contributed by atoms with Gasteiger partial charge in [0.2, 0.25) is 21.8 Å². The molecule has 1 aromatic heterocycles. The molecule has 0 spiro atoms. The van der Waals surface area contributed by atoms with Crippen LogP contribution in [0.25, 0.3) is 0 Å². The Kier molecular flexibility index (Phi) is 9.31. The van der Waals surface area contributed by atoms with Crippen molar-refractivity contribution in [3.05, 3.63) is 82.8 Å². The van der Waals surface area contributed by atoms with E-state index in [2.05, 4.69) is 10.3 Å². The maximum absolute atomic E-state index is 15.3. The third-order valence-electron chi connectivity index (χ3n) is 7.91. The molecule has 1 aliphatic heterocycles. The van der Waals surface area contributed by atoms with E-state index in [1.54, 1.807) is 6.07 Å². The van der Waals surface area contributed by atoms with Crippen LogP contribution >= 0.6 is 11.6 Å². The first-order valence-electron chi connectivity index (χ1n) is 14.3. The van der Waals surface area contributed by atoms with Gasteiger partial charge in [-0.3, -0.25) is 24.2 Å². The Morgan fingerprint density at radius 3 is 2.49 bits per heavy atom. The Hall–Kier alpha value is -4.52. The molecule has 0 radical (unpaired) electrons. The molecule has 1 aliphatic carbocycles. The lowest BCUT2D eigenvalue weighted by Gasteiger charge is -2.39. The topological polar surface area (TPSA) is 144 Å². The number of pyridine rings is 1. The Balaban J connectivity index is 1.70. The number of rotatable bonds is 9. The highest BCUT2D eigenvalue weighted by Crippen LogP contribution is 2.40. The van der Waals surface area contributed by atoms with Gasteiger partial charge >= 0.3 is 0 Å². The van der Waals surface area contributed by atoms with Gasteiger partial charge in [0.1, 0.15) is 23.7 Å². The minimum atomic E-state index is -4.28. The van der Waals surface area contributed by atoms with E-state index >= 15 is 4.39 Å². The highest BCUT2D eigenvalue weighted by molar-refractivity contribution is 7.89. The van der Waals surface area contributed by atoms with Crippen LogP contribution in [0.2, 0.25) is 5.02 Å². The number of nitrogens with zero attached hydrogens (tertiary/aromatic N) is 5. The molecular weight excluding hydrogens is 661 g/mol. The standard InChI is InChI=1S/C31H28ClF3N6O5S/c1-39(2)47(45,46)22-13-19(33)12-21(14-22)40(30(44)25-7-8-27(42)41(25)26-11-18(17-36)9-10-37-26)28(23-5-3-4-6-24(23)32)29(43)38-20-15-31(34,35)16-20/h3-6,9-14,20,25,28H,7-8,15-16H2,1-2H3,(H,38,43)/t25-,28-/m0/s1. The molecule has 0 unspecified atom stereocenters. The minimum absolute atomic E-state index is 0.00956. The number of aromatic nitrogens is 1. The Morgan fingerprint density at radius 2 is 1.85 bits per heavy atom. The smallest absolute Gasteiger partial charge is 0.252 e. The number of halogens is 4. The van der Waals surface area contributed by atoms with Gasteiger partial charge in [0.25, 0.3) is 11.8 Å². The van der Waals surface area contributed by atoms with Crippen LogP contribution in [0.15, 0.2) is 65.7 Å². The lowest BCUT2D eigenvalue weighted by molar-refractivity contribution is -0.133. The van der Waals surface area contributed by atoms with Crippen molar-refractivity contribution in [3.8, 4) is 6.07 Å². The average molecular weight is 689 g/mol. The van der Waals surface area contributed by atoms with E-state index in [0.29, 0.717) is 0 Å². The Bertz CT molecular complexity index is 1900. The number of nitriles is 1. The lowest BCUT2D eigenvalue weighted by atomic mass is 9.87. The highest BCUT2D eigenvalue weighted by Gasteiger charge is 2.49. The van der Waals surface area contributed by atoms with Crippen molar-refractivity contribution in [1.29, 1.82) is 5.26 Å². The third kappa shape index (κ3) is 6.80. The number of amides is 3. The second-order valence-corrected chi connectivity index (χ2v) is 13.9. The van der Waals surface area contributed by atoms with Crippen LogP contribution in [0.4, 0.5) is 24.7 Å². The molecule has 47 heavy (non-hydrogen) atoms. The average Bonchev–Trinajstić information content (AvgIpc) is 3.39. The van der Waals surface area contributed by atoms with E-state index in [1.165, 1.54) is 50.6 Å². The molecule has 2 aliphatic rings. The van der Waals surface area contributed by atoms with E-state index in [4.69, 9.17) is 11.6 Å². The van der Waals surface area contributed by atoms with Crippen molar-refractivity contribution in [2.45, 2.75) is 54.6 Å². The van der Waals surface area contributed by atoms with Crippen molar-refractivity contribution < 1.29 is 36.0 Å². The summed E-state index contributed by atoms with van der Waals surface area (Å²) in [4.78, 5) is 47.5. The molecule has 2 fully saturated rings. The number of hydrogen-bond acceptors (Lipinski definition) is 7. The van der Waals surface area contributed by atoms with Crippen LogP contribution in [0.3, 0.4) is 0 Å². The number of alkyl halides is 2. The van der Waals surface area contributed by atoms with Crippen LogP contribution in [-0.4, -0.2) is 67.5 Å². The van der Waals surface area contributed by atoms with E-state index in [0.717, 1.165) is 32.3 Å². The van der Waals surface area contributed by atoms with Crippen molar-refractivity contribution >= 4 is 50.9 Å². The monoisotopic (exact) mass is 688 g/mol. The van der Waals surface area contributed by atoms with Crippen molar-refractivity contribution in [3.63, 3.8) is 0 Å². The molecule has 3 amide bonds. The summed E-state index contributed by atoms with van der Waals surface area (Å²) >= 11 is 6.53. The summed E-state index contributed by atoms with van der Waals surface area (Å²) in [7, 11) is -1.83. The number of nitrogens with one attached hydrogen (secondary N) is 1. The van der Waals surface area contributed by atoms with E-state index in [-0.39, 0.29) is 40.5 Å². The molecule has 3 aromatic rings. The molecule has 1 N–H and O–H groups in total. The Labute approximate surface area is 273 Å². The van der Waals surface area contributed by atoms with Gasteiger partial charge in [0.05, 0.1) is 16.5 Å². The zero-order valence-corrected chi connectivity index (χ0v) is 26.6. The molecule has 2 aromatic carbocycles. The van der Waals surface area contributed by atoms with Gasteiger partial charge in [-0.2, -0.15) is 5.26 Å². The van der Waals surface area contributed by atoms with Crippen LogP contribution in [0.1, 0.15) is 42.9 Å². The van der Waals surface area contributed by atoms with Gasteiger partial charge < -0.3 is 5.32 Å². The molecule has 16 heteroatoms. The predicted molar refractivity (Wildman–Crippen MR) is 165 cm³/mol. The Morgan fingerprint density at radius 1 is 1.15 bits per heavy atom. The van der Waals surface area contributed by atoms with E-state index in [1.807, 2.05) is 6.07 Å². The van der Waals surface area contributed by atoms with Crippen LogP contribution < -0.4 is 15.1 Å². The highest BCUT2D eigenvalue weighted by atomic mass is 35.5. The molecule has 1 saturated heterocycles. The number of carbonyl (C=O) groups is 3. The van der Waals surface area contributed by atoms with Crippen LogP contribution in [0, 0.1) is 17.1 Å². The molecule has 2 heterocycles. The van der Waals surface area contributed by atoms with E-state index in [9.17, 15) is 36.8 Å². The SMILES string of the molecule is CN(C)S(=O)(=O)c1cc(F)cc(N(C(=O)[C@@H]2CCC(=O)N2c2cc(C#N)ccn2)[C@H](C(=O)NC2CC(F)(F)C2)c2ccccc2Cl)c1. The fourth-order valence-electron chi connectivity index (χ4n) is 5.57. The molecular formula is C31H28ClF3N6O5S. The predicted octanol–water partition coefficient (Wildman–Crippen LogP) is 4.18. The maximum Gasteiger partial charge on any atom is 0.252 e. The molecule has 1 saturated carbocycles. The van der Waals surface area contributed by atoms with Crippen LogP contribution in [0.5, 0.6) is 0 Å². The molecule has 0 bridgehead atoms. The van der Waals surface area contributed by atoms with E-state index < -0.39 is 75.3 Å². The largest absolute Gasteiger partial charge is 0.351 e. The van der Waals surface area contributed by atoms with Crippen molar-refractivity contribution in [2.75, 3.05) is 23.9 Å². The molecule has 246 valence electrons. The normalized spacial score (nSPS) is 18.4. The summed E-state index contributed by atoms with van der Waals surface area (Å²) in [5.41, 5.74) is -0.215. The van der Waals surface area contributed by atoms with Crippen LogP contribution in [-0.2, 0) is 24.4 Å². The lowest BCUT2D eigenvalue weighted by Crippen LogP contribution is -2.56. The van der Waals surface area contributed by atoms with Gasteiger partial charge in [0, 0.05) is 61.9 Å². The number of benzene rings is 2. The molecule has 5 rings (SSSR count). The van der Waals surface area contributed by atoms with Gasteiger partial charge in [-0.05, 0) is 42.8 Å². The summed E-state index contributed by atoms with van der Waals surface area (Å²) in [6.45, 7) is 0. The van der Waals surface area contributed by atoms with Crippen molar-refractivity contribution in [2.24, 2.45) is 0 Å². The number of hydrogen-bond donors (Lipinski definition) is 1. The quantitative estimate of drug-likeness (QED) is 0.355. The molecule has 2 atom stereocenters. The van der Waals surface area contributed by atoms with Gasteiger partial charge in [-0.1, -0.05) is 29.8 Å². The third-order valence-corrected chi connectivity index (χ3v) is 10.0. The summed E-state index contributed by atoms with van der Waals surface area (Å²) in [6, 6.07) is 9.06. The first kappa shape index (κ1) is 33.8. The second kappa shape index (κ2) is 12.9. The fourth-order valence-corrected chi connectivity index (χ4v) is 6.77. The second-order valence-electron chi connectivity index (χ2n) is 11.4. The van der Waals surface area contributed by atoms with Gasteiger partial charge in [-0.15, -0.1) is 0 Å². The first-order valence-corrected chi connectivity index (χ1v) is 16.1. The van der Waals surface area contributed by atoms with Crippen molar-refractivity contribution in [1.82, 2.24) is 14.6 Å². The zero-order chi connectivity index (χ0) is 34.3. The summed E-state index contributed by atoms with van der Waals surface area (Å²) in [5, 5.41) is 11.9. The first-order chi connectivity index (χ1) is 22.1. The summed E-state index contributed by atoms with van der Waals surface area (Å²) in [5.74, 6) is -6.53. The number of carbonyl (C=O) groups excluding carboxylic acids is 3. The molecule has 11 nitrogen and oxygen atoms in total. The minimum Gasteiger partial charge on any atom is -0.351 e.